The maximum atomic E-state index is 6.50. The fraction of sp³-hybridized carbons (Fsp3) is 0. The van der Waals surface area contributed by atoms with E-state index >= 15 is 0 Å². The summed E-state index contributed by atoms with van der Waals surface area (Å²) in [5, 5.41) is 6.50. The molecular formula is C46H27N3O2. The molecule has 4 heterocycles. The van der Waals surface area contributed by atoms with Gasteiger partial charge in [0.05, 0.1) is 22.3 Å². The summed E-state index contributed by atoms with van der Waals surface area (Å²) in [5.74, 6) is 1.37. The van der Waals surface area contributed by atoms with Crippen LogP contribution in [-0.4, -0.2) is 14.5 Å². The minimum Gasteiger partial charge on any atom is -0.456 e. The van der Waals surface area contributed by atoms with E-state index in [-0.39, 0.29) is 0 Å². The van der Waals surface area contributed by atoms with E-state index in [1.165, 1.54) is 5.56 Å². The van der Waals surface area contributed by atoms with Gasteiger partial charge in [-0.05, 0) is 47.5 Å². The number of hydrogen-bond donors (Lipinski definition) is 0. The molecule has 0 bridgehead atoms. The molecule has 11 rings (SSSR count). The topological polar surface area (TPSA) is 57.0 Å². The molecule has 0 saturated heterocycles. The minimum absolute atomic E-state index is 0.597. The van der Waals surface area contributed by atoms with Crippen molar-refractivity contribution < 1.29 is 8.83 Å². The van der Waals surface area contributed by atoms with Crippen LogP contribution in [0.2, 0.25) is 0 Å². The number of nitrogens with zero attached hydrogens (tertiary/aromatic N) is 3. The van der Waals surface area contributed by atoms with Gasteiger partial charge in [0.1, 0.15) is 28.1 Å². The Hall–Kier alpha value is -6.98. The van der Waals surface area contributed by atoms with E-state index in [1.54, 1.807) is 0 Å². The first-order valence-corrected chi connectivity index (χ1v) is 17.1. The third-order valence-electron chi connectivity index (χ3n) is 10.0. The van der Waals surface area contributed by atoms with Crippen molar-refractivity contribution in [3.8, 4) is 39.6 Å². The Balaban J connectivity index is 1.20. The van der Waals surface area contributed by atoms with Gasteiger partial charge in [0.15, 0.2) is 5.82 Å². The molecular weight excluding hydrogens is 627 g/mol. The molecule has 11 aromatic rings. The number of rotatable bonds is 4. The second-order valence-corrected chi connectivity index (χ2v) is 13.0. The standard InChI is InChI=1S/C46H27N3O2/c1-2-11-28(12-3-1)29-21-23-30(24-22-29)38-27-44(48-46(47-38)35-17-10-16-34-32-14-5-9-20-42(32)51-45(34)35)49-39-18-7-4-13-31(39)36-26-43-37(25-40(36)49)33-15-6-8-19-41(33)50-43/h1-27H. The quantitative estimate of drug-likeness (QED) is 0.190. The molecule has 0 N–H and O–H groups in total. The molecule has 0 amide bonds. The lowest BCUT2D eigenvalue weighted by Gasteiger charge is -2.13. The zero-order valence-corrected chi connectivity index (χ0v) is 27.2. The molecule has 0 unspecified atom stereocenters. The van der Waals surface area contributed by atoms with Crippen LogP contribution in [0.15, 0.2) is 173 Å². The SMILES string of the molecule is c1ccc(-c2ccc(-c3cc(-n4c5ccccc5c5cc6oc7ccccc7c6cc54)nc(-c4cccc5c4oc4ccccc45)n3)cc2)cc1. The zero-order chi connectivity index (χ0) is 33.5. The van der Waals surface area contributed by atoms with E-state index in [2.05, 4.69) is 132 Å². The molecule has 7 aromatic carbocycles. The van der Waals surface area contributed by atoms with E-state index < -0.39 is 0 Å². The van der Waals surface area contributed by atoms with Crippen molar-refractivity contribution in [2.45, 2.75) is 0 Å². The van der Waals surface area contributed by atoms with Crippen LogP contribution in [0.3, 0.4) is 0 Å². The van der Waals surface area contributed by atoms with Gasteiger partial charge in [-0.3, -0.25) is 4.57 Å². The third kappa shape index (κ3) is 4.28. The molecule has 0 atom stereocenters. The van der Waals surface area contributed by atoms with Gasteiger partial charge in [-0.25, -0.2) is 9.97 Å². The van der Waals surface area contributed by atoms with E-state index in [0.29, 0.717) is 5.82 Å². The highest BCUT2D eigenvalue weighted by Gasteiger charge is 2.21. The van der Waals surface area contributed by atoms with Gasteiger partial charge in [0.2, 0.25) is 0 Å². The van der Waals surface area contributed by atoms with E-state index in [9.17, 15) is 0 Å². The van der Waals surface area contributed by atoms with Crippen molar-refractivity contribution in [2.24, 2.45) is 0 Å². The fourth-order valence-corrected chi connectivity index (χ4v) is 7.64. The van der Waals surface area contributed by atoms with Gasteiger partial charge in [-0.2, -0.15) is 0 Å². The molecule has 5 nitrogen and oxygen atoms in total. The Morgan fingerprint density at radius 1 is 0.392 bits per heavy atom. The monoisotopic (exact) mass is 653 g/mol. The second-order valence-electron chi connectivity index (χ2n) is 13.0. The predicted octanol–water partition coefficient (Wildman–Crippen LogP) is 12.4. The van der Waals surface area contributed by atoms with E-state index in [1.807, 2.05) is 36.4 Å². The van der Waals surface area contributed by atoms with Crippen LogP contribution in [0.5, 0.6) is 0 Å². The van der Waals surface area contributed by atoms with Crippen molar-refractivity contribution in [3.05, 3.63) is 164 Å². The molecule has 0 aliphatic rings. The summed E-state index contributed by atoms with van der Waals surface area (Å²) in [6, 6.07) is 56.6. The molecule has 238 valence electrons. The van der Waals surface area contributed by atoms with Crippen LogP contribution in [0.25, 0.3) is 105 Å². The highest BCUT2D eigenvalue weighted by molar-refractivity contribution is 6.17. The van der Waals surface area contributed by atoms with Crippen LogP contribution < -0.4 is 0 Å². The molecule has 0 fully saturated rings. The lowest BCUT2D eigenvalue weighted by molar-refractivity contribution is 0.669. The summed E-state index contributed by atoms with van der Waals surface area (Å²) in [7, 11) is 0. The number of hydrogen-bond acceptors (Lipinski definition) is 4. The largest absolute Gasteiger partial charge is 0.456 e. The molecule has 0 aliphatic heterocycles. The van der Waals surface area contributed by atoms with E-state index in [4.69, 9.17) is 18.8 Å². The average Bonchev–Trinajstić information content (AvgIpc) is 3.86. The molecule has 0 saturated carbocycles. The number of fused-ring (bicyclic) bond motifs is 9. The summed E-state index contributed by atoms with van der Waals surface area (Å²) in [4.78, 5) is 10.6. The van der Waals surface area contributed by atoms with Crippen LogP contribution in [0.1, 0.15) is 0 Å². The normalized spacial score (nSPS) is 11.9. The van der Waals surface area contributed by atoms with Crippen molar-refractivity contribution >= 4 is 65.7 Å². The number of aromatic nitrogens is 3. The summed E-state index contributed by atoms with van der Waals surface area (Å²) >= 11 is 0. The Morgan fingerprint density at radius 3 is 1.86 bits per heavy atom. The van der Waals surface area contributed by atoms with Crippen molar-refractivity contribution in [2.75, 3.05) is 0 Å². The van der Waals surface area contributed by atoms with Crippen LogP contribution in [0.4, 0.5) is 0 Å². The maximum Gasteiger partial charge on any atom is 0.165 e. The van der Waals surface area contributed by atoms with Gasteiger partial charge in [-0.1, -0.05) is 121 Å². The second kappa shape index (κ2) is 10.8. The highest BCUT2D eigenvalue weighted by atomic mass is 16.3. The maximum absolute atomic E-state index is 6.50. The Morgan fingerprint density at radius 2 is 1.04 bits per heavy atom. The first-order valence-electron chi connectivity index (χ1n) is 17.1. The lowest BCUT2D eigenvalue weighted by Crippen LogP contribution is -2.02. The summed E-state index contributed by atoms with van der Waals surface area (Å²) in [5.41, 5.74) is 10.5. The molecule has 5 heteroatoms. The summed E-state index contributed by atoms with van der Waals surface area (Å²) in [6.45, 7) is 0. The Kier molecular flexibility index (Phi) is 5.89. The predicted molar refractivity (Wildman–Crippen MR) is 207 cm³/mol. The van der Waals surface area contributed by atoms with Gasteiger partial charge in [0.25, 0.3) is 0 Å². The number of para-hydroxylation sites is 4. The van der Waals surface area contributed by atoms with Gasteiger partial charge >= 0.3 is 0 Å². The van der Waals surface area contributed by atoms with Crippen LogP contribution in [0, 0.1) is 0 Å². The smallest absolute Gasteiger partial charge is 0.165 e. The average molecular weight is 654 g/mol. The minimum atomic E-state index is 0.597. The van der Waals surface area contributed by atoms with Crippen molar-refractivity contribution in [3.63, 3.8) is 0 Å². The summed E-state index contributed by atoms with van der Waals surface area (Å²) in [6.07, 6.45) is 0. The first kappa shape index (κ1) is 27.9. The molecule has 0 radical (unpaired) electrons. The Bertz CT molecular complexity index is 3130. The number of benzene rings is 7. The fourth-order valence-electron chi connectivity index (χ4n) is 7.64. The Labute approximate surface area is 291 Å². The van der Waals surface area contributed by atoms with Gasteiger partial charge in [0, 0.05) is 43.9 Å². The molecule has 0 aliphatic carbocycles. The first-order chi connectivity index (χ1) is 25.3. The molecule has 0 spiro atoms. The van der Waals surface area contributed by atoms with Gasteiger partial charge < -0.3 is 8.83 Å². The molecule has 4 aromatic heterocycles. The third-order valence-corrected chi connectivity index (χ3v) is 10.0. The van der Waals surface area contributed by atoms with Gasteiger partial charge in [-0.15, -0.1) is 0 Å². The van der Waals surface area contributed by atoms with E-state index in [0.717, 1.165) is 93.9 Å². The van der Waals surface area contributed by atoms with Crippen molar-refractivity contribution in [1.82, 2.24) is 14.5 Å². The van der Waals surface area contributed by atoms with Crippen LogP contribution >= 0.6 is 0 Å². The zero-order valence-electron chi connectivity index (χ0n) is 27.2. The lowest BCUT2D eigenvalue weighted by atomic mass is 10.0. The molecule has 51 heavy (non-hydrogen) atoms. The van der Waals surface area contributed by atoms with Crippen molar-refractivity contribution in [1.29, 1.82) is 0 Å². The summed E-state index contributed by atoms with van der Waals surface area (Å²) < 4.78 is 15.1. The van der Waals surface area contributed by atoms with Crippen LogP contribution in [-0.2, 0) is 0 Å². The highest BCUT2D eigenvalue weighted by Crippen LogP contribution is 2.40. The number of furan rings is 2.